The molecule has 14 heteroatoms. The van der Waals surface area contributed by atoms with Crippen molar-refractivity contribution in [3.05, 3.63) is 112 Å². The van der Waals surface area contributed by atoms with Crippen LogP contribution in [0.3, 0.4) is 0 Å². The number of carboxylic acid groups (broad SMARTS) is 1. The third kappa shape index (κ3) is 5.98. The molecule has 1 fully saturated rings. The zero-order valence-electron chi connectivity index (χ0n) is 25.8. The van der Waals surface area contributed by atoms with Crippen LogP contribution < -0.4 is 4.74 Å². The van der Waals surface area contributed by atoms with E-state index < -0.39 is 17.6 Å². The summed E-state index contributed by atoms with van der Waals surface area (Å²) in [6.07, 6.45) is 4.68. The average molecular weight is 672 g/mol. The van der Waals surface area contributed by atoms with Crippen molar-refractivity contribution in [3.8, 4) is 23.0 Å². The van der Waals surface area contributed by atoms with Crippen molar-refractivity contribution in [3.63, 3.8) is 0 Å². The number of nitrogens with zero attached hydrogens (tertiary/aromatic N) is 7. The van der Waals surface area contributed by atoms with E-state index in [0.717, 1.165) is 12.1 Å². The van der Waals surface area contributed by atoms with Crippen LogP contribution in [-0.2, 0) is 17.8 Å². The monoisotopic (exact) mass is 671 g/mol. The molecular formula is C34H28ClF2N7O4. The van der Waals surface area contributed by atoms with Gasteiger partial charge >= 0.3 is 5.97 Å². The predicted octanol–water partition coefficient (Wildman–Crippen LogP) is 6.47. The van der Waals surface area contributed by atoms with Gasteiger partial charge in [0.05, 0.1) is 59.0 Å². The van der Waals surface area contributed by atoms with E-state index in [1.54, 1.807) is 48.8 Å². The minimum atomic E-state index is -1.07. The lowest BCUT2D eigenvalue weighted by molar-refractivity contribution is 0.0697. The van der Waals surface area contributed by atoms with Gasteiger partial charge in [-0.25, -0.2) is 33.2 Å². The van der Waals surface area contributed by atoms with Crippen LogP contribution in [0.4, 0.5) is 8.78 Å². The number of rotatable bonds is 9. The summed E-state index contributed by atoms with van der Waals surface area (Å²) in [5, 5.41) is 17.7. The van der Waals surface area contributed by atoms with Gasteiger partial charge in [-0.3, -0.25) is 0 Å². The summed E-state index contributed by atoms with van der Waals surface area (Å²) in [5.74, 6) is -1.24. The Hall–Kier alpha value is -5.27. The first-order valence-electron chi connectivity index (χ1n) is 15.0. The highest BCUT2D eigenvalue weighted by Gasteiger charge is 2.39. The summed E-state index contributed by atoms with van der Waals surface area (Å²) in [7, 11) is 0. The summed E-state index contributed by atoms with van der Waals surface area (Å²) in [6.45, 7) is 4.99. The van der Waals surface area contributed by atoms with Crippen molar-refractivity contribution < 1.29 is 28.2 Å². The van der Waals surface area contributed by atoms with Gasteiger partial charge in [-0.1, -0.05) is 36.7 Å². The van der Waals surface area contributed by atoms with Crippen molar-refractivity contribution in [2.24, 2.45) is 5.41 Å². The molecule has 0 aliphatic carbocycles. The summed E-state index contributed by atoms with van der Waals surface area (Å²) in [4.78, 5) is 25.2. The van der Waals surface area contributed by atoms with E-state index in [1.165, 1.54) is 16.9 Å². The smallest absolute Gasteiger partial charge is 0.335 e. The molecule has 0 unspecified atom stereocenters. The highest BCUT2D eigenvalue weighted by atomic mass is 35.5. The van der Waals surface area contributed by atoms with E-state index >= 15 is 8.78 Å². The third-order valence-corrected chi connectivity index (χ3v) is 8.76. The summed E-state index contributed by atoms with van der Waals surface area (Å²) in [5.41, 5.74) is 1.77. The molecule has 0 saturated carbocycles. The van der Waals surface area contributed by atoms with Crippen LogP contribution >= 0.6 is 11.6 Å². The van der Waals surface area contributed by atoms with E-state index in [0.29, 0.717) is 46.5 Å². The van der Waals surface area contributed by atoms with Crippen LogP contribution in [0, 0.1) is 17.0 Å². The van der Waals surface area contributed by atoms with Crippen molar-refractivity contribution >= 4 is 28.6 Å². The van der Waals surface area contributed by atoms with Gasteiger partial charge in [-0.05, 0) is 42.0 Å². The molecule has 0 bridgehead atoms. The fraction of sp³-hybridized carbons (Fsp3) is 0.235. The molecule has 1 saturated heterocycles. The average Bonchev–Trinajstić information content (AvgIpc) is 3.80. The van der Waals surface area contributed by atoms with Crippen LogP contribution in [0.25, 0.3) is 28.1 Å². The van der Waals surface area contributed by atoms with Crippen LogP contribution in [-0.4, -0.2) is 58.8 Å². The number of aromatic carboxylic acids is 1. The maximum absolute atomic E-state index is 15.7. The number of halogens is 3. The van der Waals surface area contributed by atoms with Crippen LogP contribution in [0.15, 0.2) is 73.2 Å². The molecule has 1 atom stereocenters. The number of carbonyl (C=O) groups is 1. The standard InChI is InChI=1S/C34H28ClF2N7O4/c1-34(2)18-47-17-29(34)44-28-11-19(33(45)46)6-7-27(28)40-31(44)12-20-10-25(37)22(13-24(20)36)26-4-3-5-32(41-26)48-16-21-15-38-30(14-23(21)35)43-9-8-39-42-43/h3-11,13-15,29H,12,16-18H2,1-2H3,(H,45,46)/t29-/m1/s1. The van der Waals surface area contributed by atoms with E-state index in [9.17, 15) is 9.90 Å². The summed E-state index contributed by atoms with van der Waals surface area (Å²) < 4.78 is 46.4. The van der Waals surface area contributed by atoms with Gasteiger partial charge in [0, 0.05) is 41.3 Å². The first kappa shape index (κ1) is 31.3. The number of fused-ring (bicyclic) bond motifs is 1. The van der Waals surface area contributed by atoms with E-state index in [1.807, 2.05) is 18.4 Å². The fourth-order valence-corrected chi connectivity index (χ4v) is 6.03. The maximum atomic E-state index is 15.7. The lowest BCUT2D eigenvalue weighted by atomic mass is 9.87. The summed E-state index contributed by atoms with van der Waals surface area (Å²) in [6, 6.07) is 13.1. The van der Waals surface area contributed by atoms with Gasteiger partial charge in [0.2, 0.25) is 5.88 Å². The second-order valence-corrected chi connectivity index (χ2v) is 12.6. The highest BCUT2D eigenvalue weighted by Crippen LogP contribution is 2.40. The van der Waals surface area contributed by atoms with Crippen molar-refractivity contribution in [2.75, 3.05) is 13.2 Å². The van der Waals surface area contributed by atoms with Gasteiger partial charge in [0.25, 0.3) is 0 Å². The normalized spacial score (nSPS) is 15.6. The Morgan fingerprint density at radius 3 is 2.69 bits per heavy atom. The Kier molecular flexibility index (Phi) is 8.09. The molecule has 48 heavy (non-hydrogen) atoms. The molecule has 1 aliphatic heterocycles. The number of hydrogen-bond donors (Lipinski definition) is 1. The number of hydrogen-bond acceptors (Lipinski definition) is 8. The number of pyridine rings is 2. The number of benzene rings is 2. The molecule has 244 valence electrons. The van der Waals surface area contributed by atoms with Gasteiger partial charge in [-0.15, -0.1) is 5.10 Å². The van der Waals surface area contributed by atoms with Gasteiger partial charge < -0.3 is 19.1 Å². The molecule has 1 N–H and O–H groups in total. The topological polar surface area (TPSA) is 130 Å². The second kappa shape index (κ2) is 12.4. The molecule has 6 aromatic rings. The number of ether oxygens (including phenoxy) is 2. The zero-order valence-corrected chi connectivity index (χ0v) is 26.5. The number of carboxylic acids is 1. The van der Waals surface area contributed by atoms with Gasteiger partial charge in [0.1, 0.15) is 24.1 Å². The third-order valence-electron chi connectivity index (χ3n) is 8.41. The first-order chi connectivity index (χ1) is 23.1. The Balaban J connectivity index is 1.15. The van der Waals surface area contributed by atoms with Crippen molar-refractivity contribution in [2.45, 2.75) is 32.9 Å². The van der Waals surface area contributed by atoms with Crippen molar-refractivity contribution in [1.29, 1.82) is 0 Å². The van der Waals surface area contributed by atoms with Crippen LogP contribution in [0.2, 0.25) is 5.02 Å². The molecule has 0 spiro atoms. The minimum Gasteiger partial charge on any atom is -0.478 e. The molecule has 0 radical (unpaired) electrons. The molecule has 11 nitrogen and oxygen atoms in total. The number of aromatic nitrogens is 7. The fourth-order valence-electron chi connectivity index (χ4n) is 5.83. The number of imidazole rings is 1. The van der Waals surface area contributed by atoms with Gasteiger partial charge in [-0.2, -0.15) is 0 Å². The SMILES string of the molecule is CC1(C)COC[C@H]1n1c(Cc2cc(F)c(-c3cccc(OCc4cnc(-n5ccnn5)cc4Cl)n3)cc2F)nc2ccc(C(=O)O)cc21. The highest BCUT2D eigenvalue weighted by molar-refractivity contribution is 6.31. The lowest BCUT2D eigenvalue weighted by Crippen LogP contribution is -2.27. The predicted molar refractivity (Wildman–Crippen MR) is 171 cm³/mol. The molecule has 1 aliphatic rings. The largest absolute Gasteiger partial charge is 0.478 e. The molecule has 7 rings (SSSR count). The Morgan fingerprint density at radius 2 is 1.96 bits per heavy atom. The van der Waals surface area contributed by atoms with E-state index in [2.05, 4.69) is 20.3 Å². The van der Waals surface area contributed by atoms with Crippen LogP contribution in [0.5, 0.6) is 5.88 Å². The van der Waals surface area contributed by atoms with Gasteiger partial charge in [0.15, 0.2) is 5.82 Å². The molecule has 2 aromatic carbocycles. The summed E-state index contributed by atoms with van der Waals surface area (Å²) >= 11 is 6.42. The van der Waals surface area contributed by atoms with Crippen LogP contribution in [0.1, 0.15) is 47.2 Å². The minimum absolute atomic E-state index is 0.0340. The zero-order chi connectivity index (χ0) is 33.6. The van der Waals surface area contributed by atoms with E-state index in [-0.39, 0.29) is 52.7 Å². The molecule has 0 amide bonds. The second-order valence-electron chi connectivity index (χ2n) is 12.2. The Bertz CT molecular complexity index is 2170. The maximum Gasteiger partial charge on any atom is 0.335 e. The lowest BCUT2D eigenvalue weighted by Gasteiger charge is -2.28. The van der Waals surface area contributed by atoms with Crippen molar-refractivity contribution in [1.82, 2.24) is 34.5 Å². The first-order valence-corrected chi connectivity index (χ1v) is 15.4. The molecular weight excluding hydrogens is 644 g/mol. The Morgan fingerprint density at radius 1 is 1.10 bits per heavy atom. The van der Waals surface area contributed by atoms with E-state index in [4.69, 9.17) is 26.1 Å². The Labute approximate surface area is 277 Å². The quantitative estimate of drug-likeness (QED) is 0.184. The molecule has 4 aromatic heterocycles. The molecule has 5 heterocycles.